The Labute approximate surface area is 214 Å². The summed E-state index contributed by atoms with van der Waals surface area (Å²) in [6.07, 6.45) is 3.25. The minimum atomic E-state index is -0.243. The maximum Gasteiger partial charge on any atom is 0.338 e. The van der Waals surface area contributed by atoms with Crippen molar-refractivity contribution in [3.05, 3.63) is 70.0 Å². The van der Waals surface area contributed by atoms with Gasteiger partial charge in [0.05, 0.1) is 35.9 Å². The zero-order chi connectivity index (χ0) is 25.1. The van der Waals surface area contributed by atoms with Crippen molar-refractivity contribution in [1.29, 1.82) is 0 Å². The molecular weight excluding hydrogens is 472 g/mol. The summed E-state index contributed by atoms with van der Waals surface area (Å²) in [7, 11) is 0. The van der Waals surface area contributed by atoms with Gasteiger partial charge in [-0.3, -0.25) is 9.69 Å². The molecule has 3 aromatic rings. The number of hydrogen-bond donors (Lipinski definition) is 0. The van der Waals surface area contributed by atoms with Gasteiger partial charge in [-0.25, -0.2) is 9.48 Å². The molecule has 3 aliphatic heterocycles. The molecule has 190 valence electrons. The Kier molecular flexibility index (Phi) is 5.33. The number of benzene rings is 2. The molecule has 10 nitrogen and oxygen atoms in total. The SMILES string of the molecule is Cc1c([C@H]2CN3CCN(C(=O)C4CCc5cc(-n6cnnn6)ccc54)C[C@H]3CO2)ccc2c1COC2=O. The highest BCUT2D eigenvalue weighted by Gasteiger charge is 2.39. The lowest BCUT2D eigenvalue weighted by atomic mass is 9.93. The first-order chi connectivity index (χ1) is 18.1. The van der Waals surface area contributed by atoms with Gasteiger partial charge in [0.25, 0.3) is 0 Å². The van der Waals surface area contributed by atoms with Crippen LogP contribution in [-0.4, -0.2) is 80.7 Å². The molecule has 1 aromatic heterocycles. The monoisotopic (exact) mass is 500 g/mol. The molecular formula is C27H28N6O4. The maximum atomic E-state index is 13.6. The van der Waals surface area contributed by atoms with Gasteiger partial charge < -0.3 is 14.4 Å². The van der Waals surface area contributed by atoms with Gasteiger partial charge in [-0.2, -0.15) is 0 Å². The van der Waals surface area contributed by atoms with Crippen LogP contribution >= 0.6 is 0 Å². The van der Waals surface area contributed by atoms with Crippen molar-refractivity contribution < 1.29 is 19.1 Å². The van der Waals surface area contributed by atoms with Gasteiger partial charge in [-0.05, 0) is 70.6 Å². The largest absolute Gasteiger partial charge is 0.457 e. The van der Waals surface area contributed by atoms with Crippen LogP contribution in [0.2, 0.25) is 0 Å². The van der Waals surface area contributed by atoms with E-state index in [0.717, 1.165) is 60.4 Å². The van der Waals surface area contributed by atoms with Gasteiger partial charge >= 0.3 is 5.97 Å². The average molecular weight is 501 g/mol. The second-order valence-corrected chi connectivity index (χ2v) is 10.4. The molecule has 0 bridgehead atoms. The Morgan fingerprint density at radius 1 is 1.11 bits per heavy atom. The summed E-state index contributed by atoms with van der Waals surface area (Å²) in [6.45, 7) is 6.00. The molecule has 37 heavy (non-hydrogen) atoms. The first-order valence-corrected chi connectivity index (χ1v) is 12.9. The first-order valence-electron chi connectivity index (χ1n) is 12.9. The molecule has 3 atom stereocenters. The minimum Gasteiger partial charge on any atom is -0.457 e. The highest BCUT2D eigenvalue weighted by molar-refractivity contribution is 5.94. The fourth-order valence-corrected chi connectivity index (χ4v) is 6.39. The van der Waals surface area contributed by atoms with Crippen LogP contribution in [0.5, 0.6) is 0 Å². The van der Waals surface area contributed by atoms with E-state index >= 15 is 0 Å². The lowest BCUT2D eigenvalue weighted by molar-refractivity contribution is -0.141. The van der Waals surface area contributed by atoms with E-state index in [2.05, 4.69) is 32.6 Å². The third-order valence-electron chi connectivity index (χ3n) is 8.48. The number of piperazine rings is 1. The Balaban J connectivity index is 1.02. The number of cyclic esters (lactones) is 1. The van der Waals surface area contributed by atoms with Crippen molar-refractivity contribution in [2.45, 2.75) is 44.4 Å². The summed E-state index contributed by atoms with van der Waals surface area (Å²) >= 11 is 0. The predicted octanol–water partition coefficient (Wildman–Crippen LogP) is 1.96. The number of carbonyl (C=O) groups is 2. The number of aryl methyl sites for hydroxylation is 1. The molecule has 0 spiro atoms. The van der Waals surface area contributed by atoms with Crippen LogP contribution in [0.1, 0.15) is 56.6 Å². The van der Waals surface area contributed by atoms with Gasteiger partial charge in [-0.15, -0.1) is 5.10 Å². The van der Waals surface area contributed by atoms with Crippen molar-refractivity contribution in [2.75, 3.05) is 32.8 Å². The quantitative estimate of drug-likeness (QED) is 0.503. The van der Waals surface area contributed by atoms with E-state index in [1.54, 1.807) is 11.0 Å². The number of nitrogens with zero attached hydrogens (tertiary/aromatic N) is 6. The third kappa shape index (κ3) is 3.74. The smallest absolute Gasteiger partial charge is 0.338 e. The Morgan fingerprint density at radius 2 is 2.00 bits per heavy atom. The lowest BCUT2D eigenvalue weighted by Crippen LogP contribution is -2.60. The lowest BCUT2D eigenvalue weighted by Gasteiger charge is -2.46. The molecule has 10 heteroatoms. The highest BCUT2D eigenvalue weighted by atomic mass is 16.5. The summed E-state index contributed by atoms with van der Waals surface area (Å²) < 4.78 is 13.2. The average Bonchev–Trinajstić information content (AvgIpc) is 3.68. The molecule has 7 rings (SSSR count). The molecule has 1 unspecified atom stereocenters. The molecule has 4 heterocycles. The van der Waals surface area contributed by atoms with E-state index in [9.17, 15) is 9.59 Å². The zero-order valence-corrected chi connectivity index (χ0v) is 20.7. The van der Waals surface area contributed by atoms with Gasteiger partial charge in [-0.1, -0.05) is 12.1 Å². The highest BCUT2D eigenvalue weighted by Crippen LogP contribution is 2.37. The molecule has 1 aliphatic carbocycles. The number of hydrogen-bond acceptors (Lipinski definition) is 8. The fraction of sp³-hybridized carbons (Fsp3) is 0.444. The van der Waals surface area contributed by atoms with Crippen molar-refractivity contribution in [2.24, 2.45) is 0 Å². The molecule has 0 saturated carbocycles. The normalized spacial score (nSPS) is 24.9. The predicted molar refractivity (Wildman–Crippen MR) is 131 cm³/mol. The van der Waals surface area contributed by atoms with Crippen LogP contribution < -0.4 is 0 Å². The number of morpholine rings is 1. The second-order valence-electron chi connectivity index (χ2n) is 10.4. The molecule has 2 saturated heterocycles. The number of esters is 1. The standard InChI is InChI=1S/C27H28N6O4/c1-16-20(6-7-23-24(16)14-37-27(23)35)25-12-31-8-9-32(11-19(31)13-36-25)26(34)22-4-2-17-10-18(3-5-21(17)22)33-15-28-29-30-33/h3,5-7,10,15,19,22,25H,2,4,8-9,11-14H2,1H3/t19-,22?,25+/m0/s1. The molecule has 0 N–H and O–H groups in total. The summed E-state index contributed by atoms with van der Waals surface area (Å²) in [6, 6.07) is 10.2. The van der Waals surface area contributed by atoms with Crippen molar-refractivity contribution >= 4 is 11.9 Å². The van der Waals surface area contributed by atoms with Crippen LogP contribution in [0.15, 0.2) is 36.7 Å². The number of fused-ring (bicyclic) bond motifs is 3. The number of ether oxygens (including phenoxy) is 2. The second kappa shape index (κ2) is 8.74. The van der Waals surface area contributed by atoms with Gasteiger partial charge in [0.2, 0.25) is 5.91 Å². The number of rotatable bonds is 3. The summed E-state index contributed by atoms with van der Waals surface area (Å²) in [4.78, 5) is 30.0. The number of amides is 1. The summed E-state index contributed by atoms with van der Waals surface area (Å²) in [5.41, 5.74) is 7.09. The molecule has 4 aliphatic rings. The Morgan fingerprint density at radius 3 is 2.86 bits per heavy atom. The fourth-order valence-electron chi connectivity index (χ4n) is 6.39. The Bertz CT molecular complexity index is 1390. The van der Waals surface area contributed by atoms with E-state index in [-0.39, 0.29) is 29.9 Å². The first kappa shape index (κ1) is 22.6. The van der Waals surface area contributed by atoms with Crippen molar-refractivity contribution in [1.82, 2.24) is 30.0 Å². The van der Waals surface area contributed by atoms with Crippen molar-refractivity contribution in [3.63, 3.8) is 0 Å². The summed E-state index contributed by atoms with van der Waals surface area (Å²) in [5, 5.41) is 11.4. The third-order valence-corrected chi connectivity index (χ3v) is 8.48. The van der Waals surface area contributed by atoms with Crippen LogP contribution in [0.4, 0.5) is 0 Å². The van der Waals surface area contributed by atoms with Crippen LogP contribution in [0, 0.1) is 6.92 Å². The van der Waals surface area contributed by atoms with Crippen LogP contribution in [-0.2, 0) is 27.3 Å². The van der Waals surface area contributed by atoms with Gasteiger partial charge in [0.1, 0.15) is 12.9 Å². The molecule has 1 amide bonds. The minimum absolute atomic E-state index is 0.0457. The molecule has 0 radical (unpaired) electrons. The van der Waals surface area contributed by atoms with Crippen molar-refractivity contribution in [3.8, 4) is 5.69 Å². The number of aromatic nitrogens is 4. The Hall–Kier alpha value is -3.63. The van der Waals surface area contributed by atoms with E-state index in [1.807, 2.05) is 30.0 Å². The molecule has 2 aromatic carbocycles. The van der Waals surface area contributed by atoms with Gasteiger partial charge in [0, 0.05) is 31.7 Å². The number of tetrazole rings is 1. The maximum absolute atomic E-state index is 13.6. The molecule has 2 fully saturated rings. The van der Waals surface area contributed by atoms with E-state index in [1.165, 1.54) is 5.56 Å². The topological polar surface area (TPSA) is 103 Å². The zero-order valence-electron chi connectivity index (χ0n) is 20.7. The van der Waals surface area contributed by atoms with E-state index in [0.29, 0.717) is 25.3 Å². The number of carbonyl (C=O) groups excluding carboxylic acids is 2. The van der Waals surface area contributed by atoms with Gasteiger partial charge in [0.15, 0.2) is 0 Å². The van der Waals surface area contributed by atoms with Crippen LogP contribution in [0.25, 0.3) is 5.69 Å². The summed E-state index contributed by atoms with van der Waals surface area (Å²) in [5.74, 6) is -0.122. The van der Waals surface area contributed by atoms with E-state index in [4.69, 9.17) is 9.47 Å². The van der Waals surface area contributed by atoms with Crippen LogP contribution in [0.3, 0.4) is 0 Å². The van der Waals surface area contributed by atoms with E-state index < -0.39 is 0 Å².